The molecule has 1 aromatic heterocycles. The molecular formula is C13H16ClN2O2S+. The number of aromatic nitrogens is 1. The Balaban J connectivity index is 1.56. The van der Waals surface area contributed by atoms with Gasteiger partial charge in [0.2, 0.25) is 0 Å². The highest BCUT2D eigenvalue weighted by Gasteiger charge is 2.14. The zero-order valence-corrected chi connectivity index (χ0v) is 12.1. The van der Waals surface area contributed by atoms with Gasteiger partial charge in [-0.1, -0.05) is 23.4 Å². The fraction of sp³-hybridized carbons (Fsp3) is 0.462. The van der Waals surface area contributed by atoms with Gasteiger partial charge in [-0.25, -0.2) is 4.98 Å². The molecule has 1 aliphatic heterocycles. The van der Waals surface area contributed by atoms with E-state index in [1.165, 1.54) is 0 Å². The summed E-state index contributed by atoms with van der Waals surface area (Å²) < 4.78 is 11.0. The Kier molecular flexibility index (Phi) is 4.28. The molecule has 1 aliphatic rings. The van der Waals surface area contributed by atoms with Crippen molar-refractivity contribution in [2.75, 3.05) is 38.6 Å². The molecule has 1 N–H and O–H groups in total. The quantitative estimate of drug-likeness (QED) is 0.868. The smallest absolute Gasteiger partial charge is 0.256 e. The number of morpholine rings is 1. The number of halogens is 1. The van der Waals surface area contributed by atoms with Crippen molar-refractivity contribution in [3.8, 4) is 0 Å². The van der Waals surface area contributed by atoms with Crippen LogP contribution < -0.4 is 4.90 Å². The number of fused-ring (bicyclic) bond motifs is 1. The summed E-state index contributed by atoms with van der Waals surface area (Å²) in [5.74, 6) is 1.01. The van der Waals surface area contributed by atoms with Gasteiger partial charge in [0.1, 0.15) is 18.6 Å². The van der Waals surface area contributed by atoms with Crippen LogP contribution >= 0.6 is 23.4 Å². The largest absolute Gasteiger partial charge is 0.431 e. The number of nitrogens with zero attached hydrogens (tertiary/aromatic N) is 1. The minimum atomic E-state index is 0.679. The van der Waals surface area contributed by atoms with Crippen molar-refractivity contribution in [1.82, 2.24) is 4.98 Å². The van der Waals surface area contributed by atoms with Gasteiger partial charge in [0.15, 0.2) is 5.58 Å². The number of oxazole rings is 1. The highest BCUT2D eigenvalue weighted by molar-refractivity contribution is 7.99. The van der Waals surface area contributed by atoms with Crippen LogP contribution in [0.5, 0.6) is 0 Å². The van der Waals surface area contributed by atoms with Crippen LogP contribution in [0.4, 0.5) is 0 Å². The van der Waals surface area contributed by atoms with Crippen LogP contribution in [0.3, 0.4) is 0 Å². The number of hydrogen-bond acceptors (Lipinski definition) is 4. The summed E-state index contributed by atoms with van der Waals surface area (Å²) in [4.78, 5) is 6.04. The van der Waals surface area contributed by atoms with Gasteiger partial charge in [-0.3, -0.25) is 0 Å². The van der Waals surface area contributed by atoms with Crippen LogP contribution in [0, 0.1) is 0 Å². The zero-order valence-electron chi connectivity index (χ0n) is 10.5. The lowest BCUT2D eigenvalue weighted by molar-refractivity contribution is -0.905. The molecule has 0 amide bonds. The monoisotopic (exact) mass is 299 g/mol. The maximum absolute atomic E-state index is 5.92. The van der Waals surface area contributed by atoms with E-state index in [1.807, 2.05) is 12.1 Å². The molecule has 19 heavy (non-hydrogen) atoms. The maximum Gasteiger partial charge on any atom is 0.256 e. The molecule has 3 rings (SSSR count). The van der Waals surface area contributed by atoms with E-state index in [-0.39, 0.29) is 0 Å². The van der Waals surface area contributed by atoms with Crippen LogP contribution in [0.15, 0.2) is 27.8 Å². The minimum absolute atomic E-state index is 0.679. The number of hydrogen-bond donors (Lipinski definition) is 1. The van der Waals surface area contributed by atoms with Gasteiger partial charge in [-0.05, 0) is 12.1 Å². The lowest BCUT2D eigenvalue weighted by atomic mass is 10.3. The first-order valence-electron chi connectivity index (χ1n) is 6.41. The second kappa shape index (κ2) is 6.13. The fourth-order valence-electron chi connectivity index (χ4n) is 2.13. The van der Waals surface area contributed by atoms with Crippen LogP contribution in [0.1, 0.15) is 0 Å². The molecule has 0 spiro atoms. The number of rotatable bonds is 4. The van der Waals surface area contributed by atoms with Crippen LogP contribution in [-0.2, 0) is 4.74 Å². The van der Waals surface area contributed by atoms with Gasteiger partial charge < -0.3 is 14.1 Å². The Morgan fingerprint density at radius 1 is 1.32 bits per heavy atom. The zero-order chi connectivity index (χ0) is 13.1. The van der Waals surface area contributed by atoms with Gasteiger partial charge in [-0.2, -0.15) is 0 Å². The predicted molar refractivity (Wildman–Crippen MR) is 76.1 cm³/mol. The van der Waals surface area contributed by atoms with Crippen LogP contribution in [0.2, 0.25) is 5.02 Å². The highest BCUT2D eigenvalue weighted by atomic mass is 35.5. The molecule has 0 aliphatic carbocycles. The van der Waals surface area contributed by atoms with E-state index in [0.29, 0.717) is 5.02 Å². The van der Waals surface area contributed by atoms with E-state index in [1.54, 1.807) is 22.7 Å². The normalized spacial score (nSPS) is 17.1. The molecule has 4 nitrogen and oxygen atoms in total. The topological polar surface area (TPSA) is 39.7 Å². The molecule has 0 atom stereocenters. The van der Waals surface area contributed by atoms with Crippen molar-refractivity contribution < 1.29 is 14.1 Å². The average molecular weight is 300 g/mol. The summed E-state index contributed by atoms with van der Waals surface area (Å²) >= 11 is 7.59. The lowest BCUT2D eigenvalue weighted by Gasteiger charge is -2.23. The molecular weight excluding hydrogens is 284 g/mol. The maximum atomic E-state index is 5.92. The first-order valence-corrected chi connectivity index (χ1v) is 7.78. The molecule has 0 radical (unpaired) electrons. The third-order valence-corrected chi connectivity index (χ3v) is 4.28. The van der Waals surface area contributed by atoms with Crippen LogP contribution in [0.25, 0.3) is 11.1 Å². The summed E-state index contributed by atoms with van der Waals surface area (Å²) in [5, 5.41) is 1.41. The second-order valence-corrected chi connectivity index (χ2v) is 6.04. The van der Waals surface area contributed by atoms with Crippen molar-refractivity contribution in [2.24, 2.45) is 0 Å². The molecule has 2 heterocycles. The number of quaternary nitrogens is 1. The average Bonchev–Trinajstić information content (AvgIpc) is 2.82. The third kappa shape index (κ3) is 3.42. The van der Waals surface area contributed by atoms with Crippen molar-refractivity contribution >= 4 is 34.5 Å². The van der Waals surface area contributed by atoms with E-state index in [9.17, 15) is 0 Å². The predicted octanol–water partition coefficient (Wildman–Crippen LogP) is 1.49. The minimum Gasteiger partial charge on any atom is -0.431 e. The SMILES string of the molecule is Clc1ccc2nc(SCC[NH+]3CCOCC3)oc2c1. The Morgan fingerprint density at radius 3 is 3.00 bits per heavy atom. The Bertz CT molecular complexity index is 555. The molecule has 2 aromatic rings. The van der Waals surface area contributed by atoms with Crippen molar-refractivity contribution in [3.05, 3.63) is 23.2 Å². The summed E-state index contributed by atoms with van der Waals surface area (Å²) in [5.41, 5.74) is 1.62. The van der Waals surface area contributed by atoms with Crippen LogP contribution in [-0.4, -0.2) is 43.6 Å². The second-order valence-electron chi connectivity index (χ2n) is 4.55. The standard InChI is InChI=1S/C13H15ClN2O2S/c14-10-1-2-11-12(9-10)18-13(15-11)19-8-5-16-3-6-17-7-4-16/h1-2,9H,3-8H2/p+1. The molecule has 1 saturated heterocycles. The number of nitrogens with one attached hydrogen (secondary N) is 1. The molecule has 6 heteroatoms. The molecule has 0 bridgehead atoms. The summed E-state index contributed by atoms with van der Waals surface area (Å²) in [6, 6.07) is 5.53. The van der Waals surface area contributed by atoms with Crippen molar-refractivity contribution in [1.29, 1.82) is 0 Å². The summed E-state index contributed by atoms with van der Waals surface area (Å²) in [7, 11) is 0. The molecule has 102 valence electrons. The van der Waals surface area contributed by atoms with E-state index in [2.05, 4.69) is 4.98 Å². The Hall–Kier alpha value is -0.750. The molecule has 1 fully saturated rings. The van der Waals surface area contributed by atoms with Gasteiger partial charge in [0.25, 0.3) is 5.22 Å². The first-order chi connectivity index (χ1) is 9.31. The van der Waals surface area contributed by atoms with E-state index >= 15 is 0 Å². The fourth-order valence-corrected chi connectivity index (χ4v) is 3.17. The Labute approximate surface area is 121 Å². The number of ether oxygens (including phenoxy) is 1. The van der Waals surface area contributed by atoms with Crippen molar-refractivity contribution in [2.45, 2.75) is 5.22 Å². The highest BCUT2D eigenvalue weighted by Crippen LogP contribution is 2.25. The first kappa shape index (κ1) is 13.2. The van der Waals surface area contributed by atoms with Gasteiger partial charge in [0.05, 0.1) is 25.5 Å². The molecule has 1 aromatic carbocycles. The van der Waals surface area contributed by atoms with Gasteiger partial charge >= 0.3 is 0 Å². The Morgan fingerprint density at radius 2 is 2.16 bits per heavy atom. The number of benzene rings is 1. The summed E-state index contributed by atoms with van der Waals surface area (Å²) in [6.07, 6.45) is 0. The van der Waals surface area contributed by atoms with E-state index in [0.717, 1.165) is 54.9 Å². The van der Waals surface area contributed by atoms with E-state index in [4.69, 9.17) is 20.8 Å². The molecule has 0 unspecified atom stereocenters. The van der Waals surface area contributed by atoms with Gasteiger partial charge in [0, 0.05) is 11.1 Å². The number of thioether (sulfide) groups is 1. The van der Waals surface area contributed by atoms with E-state index < -0.39 is 0 Å². The van der Waals surface area contributed by atoms with Crippen molar-refractivity contribution in [3.63, 3.8) is 0 Å². The van der Waals surface area contributed by atoms with Gasteiger partial charge in [-0.15, -0.1) is 0 Å². The summed E-state index contributed by atoms with van der Waals surface area (Å²) in [6.45, 7) is 5.07. The third-order valence-electron chi connectivity index (χ3n) is 3.21. The lowest BCUT2D eigenvalue weighted by Crippen LogP contribution is -3.14. The molecule has 0 saturated carbocycles.